The lowest BCUT2D eigenvalue weighted by molar-refractivity contribution is 0.0651. The summed E-state index contributed by atoms with van der Waals surface area (Å²) in [6.45, 7) is 10.2. The zero-order valence-corrected chi connectivity index (χ0v) is 12.4. The van der Waals surface area contributed by atoms with E-state index >= 15 is 0 Å². The van der Waals surface area contributed by atoms with Crippen LogP contribution in [0.25, 0.3) is 0 Å². The van der Waals surface area contributed by atoms with Gasteiger partial charge in [0.2, 0.25) is 0 Å². The molecule has 0 bridgehead atoms. The van der Waals surface area contributed by atoms with E-state index in [2.05, 4.69) is 32.2 Å². The van der Waals surface area contributed by atoms with Gasteiger partial charge < -0.3 is 10.2 Å². The summed E-state index contributed by atoms with van der Waals surface area (Å²) in [5.41, 5.74) is 2.95. The van der Waals surface area contributed by atoms with E-state index in [0.717, 1.165) is 42.7 Å². The second kappa shape index (κ2) is 5.24. The number of nitrogens with zero attached hydrogens (tertiary/aromatic N) is 1. The average Bonchev–Trinajstić information content (AvgIpc) is 2.69. The van der Waals surface area contributed by atoms with Gasteiger partial charge in [0, 0.05) is 29.9 Å². The second-order valence-electron chi connectivity index (χ2n) is 5.93. The number of rotatable bonds is 3. The monoisotopic (exact) mass is 260 g/mol. The third-order valence-corrected chi connectivity index (χ3v) is 3.98. The number of likely N-dealkylation sites (tertiary alicyclic amines) is 1. The van der Waals surface area contributed by atoms with Crippen molar-refractivity contribution in [2.75, 3.05) is 18.4 Å². The molecule has 1 aromatic rings. The number of benzene rings is 1. The van der Waals surface area contributed by atoms with Crippen molar-refractivity contribution in [2.45, 2.75) is 46.1 Å². The minimum Gasteiger partial charge on any atom is -0.385 e. The van der Waals surface area contributed by atoms with Crippen LogP contribution in [-0.2, 0) is 0 Å². The van der Waals surface area contributed by atoms with Crippen LogP contribution in [0.3, 0.4) is 0 Å². The van der Waals surface area contributed by atoms with Crippen molar-refractivity contribution in [2.24, 2.45) is 0 Å². The molecule has 19 heavy (non-hydrogen) atoms. The molecule has 1 aliphatic heterocycles. The molecule has 0 unspecified atom stereocenters. The molecule has 3 heteroatoms. The first-order chi connectivity index (χ1) is 8.95. The number of nitrogens with one attached hydrogen (secondary N) is 1. The first-order valence-corrected chi connectivity index (χ1v) is 7.12. The summed E-state index contributed by atoms with van der Waals surface area (Å²) in [4.78, 5) is 14.7. The predicted octanol–water partition coefficient (Wildman–Crippen LogP) is 3.44. The van der Waals surface area contributed by atoms with Gasteiger partial charge in [0.15, 0.2) is 0 Å². The fourth-order valence-electron chi connectivity index (χ4n) is 2.85. The van der Waals surface area contributed by atoms with Gasteiger partial charge in [-0.3, -0.25) is 4.79 Å². The normalized spacial score (nSPS) is 17.6. The van der Waals surface area contributed by atoms with Crippen LogP contribution in [0.15, 0.2) is 18.2 Å². The number of hydrogen-bond acceptors (Lipinski definition) is 2. The highest BCUT2D eigenvalue weighted by Gasteiger charge is 2.36. The topological polar surface area (TPSA) is 32.3 Å². The van der Waals surface area contributed by atoms with Crippen LogP contribution in [0.5, 0.6) is 0 Å². The summed E-state index contributed by atoms with van der Waals surface area (Å²) in [5, 5.41) is 3.28. The molecule has 0 spiro atoms. The maximum atomic E-state index is 12.7. The zero-order chi connectivity index (χ0) is 14.0. The Labute approximate surface area is 116 Å². The number of anilines is 1. The highest BCUT2D eigenvalue weighted by Crippen LogP contribution is 2.30. The fourth-order valence-corrected chi connectivity index (χ4v) is 2.85. The summed E-state index contributed by atoms with van der Waals surface area (Å²) >= 11 is 0. The fraction of sp³-hybridized carbons (Fsp3) is 0.562. The smallest absolute Gasteiger partial charge is 0.254 e. The first-order valence-electron chi connectivity index (χ1n) is 7.12. The van der Waals surface area contributed by atoms with E-state index in [1.165, 1.54) is 0 Å². The average molecular weight is 260 g/mol. The lowest BCUT2D eigenvalue weighted by Gasteiger charge is -2.32. The largest absolute Gasteiger partial charge is 0.385 e. The van der Waals surface area contributed by atoms with Gasteiger partial charge in [-0.05, 0) is 64.3 Å². The molecule has 1 heterocycles. The van der Waals surface area contributed by atoms with Crippen molar-refractivity contribution >= 4 is 11.6 Å². The van der Waals surface area contributed by atoms with E-state index in [-0.39, 0.29) is 11.4 Å². The number of hydrogen-bond donors (Lipinski definition) is 1. The van der Waals surface area contributed by atoms with Crippen molar-refractivity contribution in [3.8, 4) is 0 Å². The maximum absolute atomic E-state index is 12.7. The molecule has 1 saturated heterocycles. The molecule has 1 amide bonds. The standard InChI is InChI=1S/C16H24N2O/c1-5-17-13-7-8-14(12(2)11-13)15(19)18-10-6-9-16(18,3)4/h7-8,11,17H,5-6,9-10H2,1-4H3. The number of amides is 1. The minimum atomic E-state index is -0.0101. The van der Waals surface area contributed by atoms with Crippen molar-refractivity contribution in [1.82, 2.24) is 4.90 Å². The molecule has 1 fully saturated rings. The van der Waals surface area contributed by atoms with Crippen molar-refractivity contribution in [1.29, 1.82) is 0 Å². The molecular formula is C16H24N2O. The molecular weight excluding hydrogens is 236 g/mol. The summed E-state index contributed by atoms with van der Waals surface area (Å²) in [6, 6.07) is 6.00. The Morgan fingerprint density at radius 2 is 2.16 bits per heavy atom. The van der Waals surface area contributed by atoms with Gasteiger partial charge in [-0.2, -0.15) is 0 Å². The molecule has 0 aromatic heterocycles. The Hall–Kier alpha value is -1.51. The summed E-state index contributed by atoms with van der Waals surface area (Å²) < 4.78 is 0. The van der Waals surface area contributed by atoms with Crippen LogP contribution in [0.4, 0.5) is 5.69 Å². The van der Waals surface area contributed by atoms with Crippen LogP contribution >= 0.6 is 0 Å². The van der Waals surface area contributed by atoms with Crippen molar-refractivity contribution in [3.05, 3.63) is 29.3 Å². The summed E-state index contributed by atoms with van der Waals surface area (Å²) in [5.74, 6) is 0.169. The summed E-state index contributed by atoms with van der Waals surface area (Å²) in [7, 11) is 0. The van der Waals surface area contributed by atoms with E-state index in [0.29, 0.717) is 0 Å². The van der Waals surface area contributed by atoms with Gasteiger partial charge in [0.05, 0.1) is 0 Å². The van der Waals surface area contributed by atoms with E-state index in [1.54, 1.807) is 0 Å². The Morgan fingerprint density at radius 3 is 2.68 bits per heavy atom. The van der Waals surface area contributed by atoms with E-state index in [1.807, 2.05) is 24.0 Å². The third kappa shape index (κ3) is 2.75. The quantitative estimate of drug-likeness (QED) is 0.903. The Morgan fingerprint density at radius 1 is 1.42 bits per heavy atom. The molecule has 0 radical (unpaired) electrons. The summed E-state index contributed by atoms with van der Waals surface area (Å²) in [6.07, 6.45) is 2.19. The first kappa shape index (κ1) is 13.9. The highest BCUT2D eigenvalue weighted by atomic mass is 16.2. The molecule has 3 nitrogen and oxygen atoms in total. The van der Waals surface area contributed by atoms with E-state index in [4.69, 9.17) is 0 Å². The molecule has 2 rings (SSSR count). The second-order valence-corrected chi connectivity index (χ2v) is 5.93. The SMILES string of the molecule is CCNc1ccc(C(=O)N2CCCC2(C)C)c(C)c1. The Bertz CT molecular complexity index is 480. The molecule has 0 saturated carbocycles. The van der Waals surface area contributed by atoms with Crippen LogP contribution in [0, 0.1) is 6.92 Å². The van der Waals surface area contributed by atoms with Gasteiger partial charge in [0.25, 0.3) is 5.91 Å². The number of aryl methyl sites for hydroxylation is 1. The van der Waals surface area contributed by atoms with Gasteiger partial charge in [-0.15, -0.1) is 0 Å². The Kier molecular flexibility index (Phi) is 3.83. The predicted molar refractivity (Wildman–Crippen MR) is 79.7 cm³/mol. The van der Waals surface area contributed by atoms with E-state index < -0.39 is 0 Å². The molecule has 0 atom stereocenters. The van der Waals surface area contributed by atoms with Crippen LogP contribution < -0.4 is 5.32 Å². The van der Waals surface area contributed by atoms with Crippen LogP contribution in [0.2, 0.25) is 0 Å². The van der Waals surface area contributed by atoms with Crippen LogP contribution in [-0.4, -0.2) is 29.4 Å². The van der Waals surface area contributed by atoms with Gasteiger partial charge in [-0.1, -0.05) is 0 Å². The lowest BCUT2D eigenvalue weighted by atomic mass is 10.00. The number of carbonyl (C=O) groups excluding carboxylic acids is 1. The molecule has 1 N–H and O–H groups in total. The molecule has 1 aromatic carbocycles. The molecule has 104 valence electrons. The highest BCUT2D eigenvalue weighted by molar-refractivity contribution is 5.96. The lowest BCUT2D eigenvalue weighted by Crippen LogP contribution is -2.42. The molecule has 0 aliphatic carbocycles. The van der Waals surface area contributed by atoms with E-state index in [9.17, 15) is 4.79 Å². The third-order valence-electron chi connectivity index (χ3n) is 3.98. The van der Waals surface area contributed by atoms with Crippen molar-refractivity contribution in [3.63, 3.8) is 0 Å². The number of carbonyl (C=O) groups is 1. The molecule has 1 aliphatic rings. The van der Waals surface area contributed by atoms with Crippen molar-refractivity contribution < 1.29 is 4.79 Å². The van der Waals surface area contributed by atoms with Gasteiger partial charge in [-0.25, -0.2) is 0 Å². The van der Waals surface area contributed by atoms with Gasteiger partial charge in [0.1, 0.15) is 0 Å². The van der Waals surface area contributed by atoms with Gasteiger partial charge >= 0.3 is 0 Å². The Balaban J connectivity index is 2.24. The maximum Gasteiger partial charge on any atom is 0.254 e. The minimum absolute atomic E-state index is 0.0101. The zero-order valence-electron chi connectivity index (χ0n) is 12.4. The van der Waals surface area contributed by atoms with Crippen LogP contribution in [0.1, 0.15) is 49.5 Å².